The molecule has 0 radical (unpaired) electrons. The van der Waals surface area contributed by atoms with Crippen LogP contribution >= 0.6 is 11.3 Å². The number of thiophene rings is 1. The molecule has 1 aliphatic carbocycles. The summed E-state index contributed by atoms with van der Waals surface area (Å²) in [7, 11) is 0. The van der Waals surface area contributed by atoms with Crippen LogP contribution in [0.4, 0.5) is 0 Å². The van der Waals surface area contributed by atoms with Crippen molar-refractivity contribution in [3.8, 4) is 0 Å². The van der Waals surface area contributed by atoms with Gasteiger partial charge in [0.25, 0.3) is 0 Å². The van der Waals surface area contributed by atoms with E-state index in [0.29, 0.717) is 0 Å². The zero-order valence-corrected chi connectivity index (χ0v) is 8.92. The van der Waals surface area contributed by atoms with E-state index in [1.54, 1.807) is 11.3 Å². The Bertz CT molecular complexity index is 397. The van der Waals surface area contributed by atoms with Gasteiger partial charge in [0.2, 0.25) is 6.61 Å². The maximum atomic E-state index is 10.2. The highest BCUT2D eigenvalue weighted by Gasteiger charge is 2.16. The SMILES string of the molecule is O=C(O)CON=C1CCCc2sccc21. The van der Waals surface area contributed by atoms with Crippen molar-refractivity contribution in [3.63, 3.8) is 0 Å². The molecule has 0 saturated carbocycles. The summed E-state index contributed by atoms with van der Waals surface area (Å²) < 4.78 is 0. The van der Waals surface area contributed by atoms with Crippen molar-refractivity contribution >= 4 is 23.0 Å². The lowest BCUT2D eigenvalue weighted by Crippen LogP contribution is -2.11. The first kappa shape index (κ1) is 10.2. The highest BCUT2D eigenvalue weighted by molar-refractivity contribution is 7.10. The van der Waals surface area contributed by atoms with Crippen molar-refractivity contribution in [2.24, 2.45) is 5.16 Å². The molecule has 2 rings (SSSR count). The van der Waals surface area contributed by atoms with Crippen LogP contribution in [-0.4, -0.2) is 23.4 Å². The quantitative estimate of drug-likeness (QED) is 0.799. The fraction of sp³-hybridized carbons (Fsp3) is 0.400. The van der Waals surface area contributed by atoms with Gasteiger partial charge in [-0.25, -0.2) is 4.79 Å². The van der Waals surface area contributed by atoms with E-state index in [4.69, 9.17) is 9.94 Å². The lowest BCUT2D eigenvalue weighted by atomic mass is 9.97. The molecule has 1 N–H and O–H groups in total. The average molecular weight is 225 g/mol. The Morgan fingerprint density at radius 3 is 3.27 bits per heavy atom. The topological polar surface area (TPSA) is 58.9 Å². The smallest absolute Gasteiger partial charge is 0.344 e. The summed E-state index contributed by atoms with van der Waals surface area (Å²) in [5, 5.41) is 14.3. The molecule has 1 aromatic rings. The highest BCUT2D eigenvalue weighted by atomic mass is 32.1. The Labute approximate surface area is 91.2 Å². The van der Waals surface area contributed by atoms with Crippen molar-refractivity contribution < 1.29 is 14.7 Å². The standard InChI is InChI=1S/C10H11NO3S/c12-10(13)6-14-11-8-2-1-3-9-7(8)4-5-15-9/h4-5H,1-3,6H2,(H,12,13). The van der Waals surface area contributed by atoms with E-state index in [9.17, 15) is 4.79 Å². The molecule has 15 heavy (non-hydrogen) atoms. The molecule has 0 bridgehead atoms. The largest absolute Gasteiger partial charge is 0.479 e. The number of fused-ring (bicyclic) bond motifs is 1. The van der Waals surface area contributed by atoms with Gasteiger partial charge >= 0.3 is 5.97 Å². The lowest BCUT2D eigenvalue weighted by Gasteiger charge is -2.12. The van der Waals surface area contributed by atoms with Crippen LogP contribution in [-0.2, 0) is 16.1 Å². The first-order valence-electron chi connectivity index (χ1n) is 4.75. The van der Waals surface area contributed by atoms with Gasteiger partial charge < -0.3 is 9.94 Å². The van der Waals surface area contributed by atoms with E-state index < -0.39 is 5.97 Å². The zero-order valence-electron chi connectivity index (χ0n) is 8.10. The summed E-state index contributed by atoms with van der Waals surface area (Å²) >= 11 is 1.72. The molecule has 1 aromatic heterocycles. The van der Waals surface area contributed by atoms with Crippen LogP contribution in [0.15, 0.2) is 16.6 Å². The molecule has 0 fully saturated rings. The normalized spacial score (nSPS) is 17.5. The zero-order chi connectivity index (χ0) is 10.7. The van der Waals surface area contributed by atoms with Gasteiger partial charge in [-0.1, -0.05) is 5.16 Å². The Morgan fingerprint density at radius 1 is 1.60 bits per heavy atom. The molecule has 80 valence electrons. The van der Waals surface area contributed by atoms with E-state index in [-0.39, 0.29) is 6.61 Å². The molecule has 0 spiro atoms. The average Bonchev–Trinajstić information content (AvgIpc) is 2.65. The molecule has 5 heteroatoms. The number of rotatable bonds is 3. The Kier molecular flexibility index (Phi) is 3.01. The van der Waals surface area contributed by atoms with Crippen molar-refractivity contribution in [2.75, 3.05) is 6.61 Å². The summed E-state index contributed by atoms with van der Waals surface area (Å²) in [6.45, 7) is -0.372. The third-order valence-electron chi connectivity index (χ3n) is 2.24. The number of carboxylic acids is 1. The summed E-state index contributed by atoms with van der Waals surface area (Å²) in [6.07, 6.45) is 3.01. The van der Waals surface area contributed by atoms with Crippen LogP contribution in [0.25, 0.3) is 0 Å². The first-order valence-corrected chi connectivity index (χ1v) is 5.62. The van der Waals surface area contributed by atoms with Crippen LogP contribution in [0.1, 0.15) is 23.3 Å². The second-order valence-corrected chi connectivity index (χ2v) is 4.32. The number of hydrogen-bond donors (Lipinski definition) is 1. The molecule has 0 atom stereocenters. The maximum absolute atomic E-state index is 10.2. The van der Waals surface area contributed by atoms with Crippen molar-refractivity contribution in [3.05, 3.63) is 21.9 Å². The molecule has 4 nitrogen and oxygen atoms in total. The first-order chi connectivity index (χ1) is 7.27. The van der Waals surface area contributed by atoms with Gasteiger partial charge in [-0.2, -0.15) is 0 Å². The van der Waals surface area contributed by atoms with Gasteiger partial charge in [0.1, 0.15) is 0 Å². The van der Waals surface area contributed by atoms with Crippen LogP contribution in [0.3, 0.4) is 0 Å². The minimum absolute atomic E-state index is 0.372. The van der Waals surface area contributed by atoms with E-state index in [1.165, 1.54) is 4.88 Å². The predicted octanol–water partition coefficient (Wildman–Crippen LogP) is 1.89. The molecular weight excluding hydrogens is 214 g/mol. The highest BCUT2D eigenvalue weighted by Crippen LogP contribution is 2.26. The summed E-state index contributed by atoms with van der Waals surface area (Å²) in [5.41, 5.74) is 2.00. The number of aryl methyl sites for hydroxylation is 1. The predicted molar refractivity (Wildman–Crippen MR) is 57.4 cm³/mol. The summed E-state index contributed by atoms with van der Waals surface area (Å²) in [4.78, 5) is 16.3. The molecule has 0 aliphatic heterocycles. The molecule has 0 aromatic carbocycles. The van der Waals surface area contributed by atoms with Gasteiger partial charge in [0.05, 0.1) is 5.71 Å². The molecule has 0 amide bonds. The van der Waals surface area contributed by atoms with Crippen molar-refractivity contribution in [1.82, 2.24) is 0 Å². The van der Waals surface area contributed by atoms with Gasteiger partial charge in [-0.15, -0.1) is 11.3 Å². The number of carboxylic acid groups (broad SMARTS) is 1. The summed E-state index contributed by atoms with van der Waals surface area (Å²) in [6, 6.07) is 2.02. The Morgan fingerprint density at radius 2 is 2.47 bits per heavy atom. The fourth-order valence-electron chi connectivity index (χ4n) is 1.60. The molecule has 0 saturated heterocycles. The monoisotopic (exact) mass is 225 g/mol. The van der Waals surface area contributed by atoms with Gasteiger partial charge in [-0.3, -0.25) is 0 Å². The Balaban J connectivity index is 2.08. The number of aliphatic carboxylic acids is 1. The van der Waals surface area contributed by atoms with Crippen LogP contribution < -0.4 is 0 Å². The molecule has 1 heterocycles. The number of carbonyl (C=O) groups is 1. The second kappa shape index (κ2) is 4.44. The van der Waals surface area contributed by atoms with Gasteiger partial charge in [-0.05, 0) is 30.7 Å². The van der Waals surface area contributed by atoms with Crippen LogP contribution in [0.5, 0.6) is 0 Å². The van der Waals surface area contributed by atoms with E-state index >= 15 is 0 Å². The van der Waals surface area contributed by atoms with Gasteiger partial charge in [0.15, 0.2) is 0 Å². The third-order valence-corrected chi connectivity index (χ3v) is 3.22. The lowest BCUT2D eigenvalue weighted by molar-refractivity contribution is -0.142. The fourth-order valence-corrected chi connectivity index (χ4v) is 2.55. The minimum Gasteiger partial charge on any atom is -0.479 e. The third kappa shape index (κ3) is 2.36. The number of hydrogen-bond acceptors (Lipinski definition) is 4. The van der Waals surface area contributed by atoms with E-state index in [0.717, 1.165) is 30.5 Å². The molecule has 1 aliphatic rings. The van der Waals surface area contributed by atoms with E-state index in [2.05, 4.69) is 5.16 Å². The second-order valence-electron chi connectivity index (χ2n) is 3.32. The maximum Gasteiger partial charge on any atom is 0.344 e. The van der Waals surface area contributed by atoms with Gasteiger partial charge in [0, 0.05) is 10.4 Å². The van der Waals surface area contributed by atoms with Crippen LogP contribution in [0.2, 0.25) is 0 Å². The molecular formula is C10H11NO3S. The minimum atomic E-state index is -0.999. The Hall–Kier alpha value is -1.36. The molecule has 0 unspecified atom stereocenters. The number of oxime groups is 1. The van der Waals surface area contributed by atoms with E-state index in [1.807, 2.05) is 11.4 Å². The van der Waals surface area contributed by atoms with Crippen molar-refractivity contribution in [2.45, 2.75) is 19.3 Å². The van der Waals surface area contributed by atoms with Crippen molar-refractivity contribution in [1.29, 1.82) is 0 Å². The number of nitrogens with zero attached hydrogens (tertiary/aromatic N) is 1. The van der Waals surface area contributed by atoms with Crippen LogP contribution in [0, 0.1) is 0 Å². The summed E-state index contributed by atoms with van der Waals surface area (Å²) in [5.74, 6) is -0.999.